The molecule has 1 amide bonds. The molecular weight excluding hydrogens is 735 g/mol. The first-order chi connectivity index (χ1) is 27.4. The fourth-order valence-electron chi connectivity index (χ4n) is 8.20. The van der Waals surface area contributed by atoms with E-state index in [0.29, 0.717) is 12.8 Å². The van der Waals surface area contributed by atoms with Crippen LogP contribution in [0.4, 0.5) is 0 Å². The lowest BCUT2D eigenvalue weighted by molar-refractivity contribution is -0.259. The van der Waals surface area contributed by atoms with Crippen LogP contribution in [0.2, 0.25) is 0 Å². The Bertz CT molecular complexity index is 837. The third kappa shape index (κ3) is 34.8. The second-order valence-corrected chi connectivity index (χ2v) is 17.5. The summed E-state index contributed by atoms with van der Waals surface area (Å²) < 4.78 is 11.5. The van der Waals surface area contributed by atoms with Gasteiger partial charge in [-0.3, -0.25) is 4.79 Å². The summed E-state index contributed by atoms with van der Waals surface area (Å²) in [6.45, 7) is 4.15. The highest BCUT2D eigenvalue weighted by molar-refractivity contribution is 5.76. The zero-order valence-electron chi connectivity index (χ0n) is 38.1. The van der Waals surface area contributed by atoms with E-state index in [0.717, 1.165) is 38.5 Å². The first-order valence-electron chi connectivity index (χ1n) is 24.6. The standard InChI is InChI=1S/C48H95NO7.2H2O/c1-3-5-7-9-11-13-15-17-18-19-20-21-22-23-24-26-28-30-32-34-36-38-46(53)49-42(41-55-47-39-44(52)48(54)45(40-50)56-47)43(51)37-35-33-31-29-27-25-16-14-12-10-8-6-4-2;;/h42-45,47-48,50-52,54H,3-41H2,1-2H3,(H,49,53);2*1H2/t42-,43+,44?,45?,47?,48?;;/m0../s1. The van der Waals surface area contributed by atoms with E-state index in [2.05, 4.69) is 19.2 Å². The van der Waals surface area contributed by atoms with Gasteiger partial charge < -0.3 is 46.2 Å². The zero-order chi connectivity index (χ0) is 40.7. The summed E-state index contributed by atoms with van der Waals surface area (Å²) in [6.07, 6.45) is 40.7. The molecule has 0 aromatic heterocycles. The second-order valence-electron chi connectivity index (χ2n) is 17.5. The monoisotopic (exact) mass is 834 g/mol. The van der Waals surface area contributed by atoms with Crippen molar-refractivity contribution in [1.82, 2.24) is 5.32 Å². The van der Waals surface area contributed by atoms with Crippen LogP contribution in [0.25, 0.3) is 0 Å². The number of hydrogen-bond acceptors (Lipinski definition) is 7. The van der Waals surface area contributed by atoms with Crippen LogP contribution < -0.4 is 5.32 Å². The molecule has 0 radical (unpaired) electrons. The minimum absolute atomic E-state index is 0. The van der Waals surface area contributed by atoms with Gasteiger partial charge in [0.05, 0.1) is 31.5 Å². The van der Waals surface area contributed by atoms with Gasteiger partial charge in [-0.2, -0.15) is 0 Å². The number of ether oxygens (including phenoxy) is 2. The molecule has 0 aromatic rings. The number of carbonyl (C=O) groups excluding carboxylic acids is 1. The predicted molar refractivity (Wildman–Crippen MR) is 241 cm³/mol. The lowest BCUT2D eigenvalue weighted by Crippen LogP contribution is -2.52. The quantitative estimate of drug-likeness (QED) is 0.0378. The zero-order valence-corrected chi connectivity index (χ0v) is 38.1. The van der Waals surface area contributed by atoms with Crippen molar-refractivity contribution in [3.05, 3.63) is 0 Å². The molecule has 1 aliphatic rings. The van der Waals surface area contributed by atoms with Crippen LogP contribution in [-0.2, 0) is 14.3 Å². The third-order valence-corrected chi connectivity index (χ3v) is 12.1. The molecule has 9 N–H and O–H groups in total. The molecule has 4 unspecified atom stereocenters. The topological polar surface area (TPSA) is 191 Å². The lowest BCUT2D eigenvalue weighted by Gasteiger charge is -2.37. The Balaban J connectivity index is 0. The van der Waals surface area contributed by atoms with Crippen LogP contribution in [0.3, 0.4) is 0 Å². The average molecular weight is 834 g/mol. The van der Waals surface area contributed by atoms with Gasteiger partial charge in [-0.25, -0.2) is 0 Å². The minimum atomic E-state index is -1.18. The SMILES string of the molecule is CCCCCCCCCCCCCCCCCCCCCCCC(=O)N[C@@H](COC1CC(O)C(O)C(CO)O1)[C@H](O)CCCCCCCCCCCCCCC.O.O. The van der Waals surface area contributed by atoms with E-state index in [-0.39, 0.29) is 29.9 Å². The fraction of sp³-hybridized carbons (Fsp3) is 0.979. The van der Waals surface area contributed by atoms with Gasteiger partial charge in [0, 0.05) is 12.8 Å². The summed E-state index contributed by atoms with van der Waals surface area (Å²) in [7, 11) is 0. The van der Waals surface area contributed by atoms with Crippen molar-refractivity contribution in [3.63, 3.8) is 0 Å². The minimum Gasteiger partial charge on any atom is -0.412 e. The molecule has 1 rings (SSSR count). The molecule has 6 atom stereocenters. The highest BCUT2D eigenvalue weighted by atomic mass is 16.7. The second kappa shape index (κ2) is 44.2. The number of amides is 1. The number of nitrogens with one attached hydrogen (secondary N) is 1. The van der Waals surface area contributed by atoms with Gasteiger partial charge in [0.2, 0.25) is 5.91 Å². The summed E-state index contributed by atoms with van der Waals surface area (Å²) in [5.74, 6) is -0.0749. The summed E-state index contributed by atoms with van der Waals surface area (Å²) in [5.41, 5.74) is 0. The van der Waals surface area contributed by atoms with Crippen molar-refractivity contribution < 1.29 is 45.6 Å². The molecule has 10 heteroatoms. The third-order valence-electron chi connectivity index (χ3n) is 12.1. The molecule has 350 valence electrons. The molecule has 0 saturated carbocycles. The van der Waals surface area contributed by atoms with Crippen LogP contribution in [0.1, 0.15) is 251 Å². The van der Waals surface area contributed by atoms with Gasteiger partial charge in [-0.05, 0) is 12.8 Å². The highest BCUT2D eigenvalue weighted by Crippen LogP contribution is 2.22. The normalized spacial score (nSPS) is 19.0. The van der Waals surface area contributed by atoms with Crippen LogP contribution in [-0.4, -0.2) is 87.2 Å². The molecular formula is C48H99NO9. The highest BCUT2D eigenvalue weighted by Gasteiger charge is 2.37. The van der Waals surface area contributed by atoms with Crippen LogP contribution in [0, 0.1) is 0 Å². The van der Waals surface area contributed by atoms with E-state index in [1.165, 1.54) is 180 Å². The Hall–Kier alpha value is -0.850. The maximum atomic E-state index is 13.0. The molecule has 1 fully saturated rings. The smallest absolute Gasteiger partial charge is 0.220 e. The molecule has 1 heterocycles. The van der Waals surface area contributed by atoms with Crippen molar-refractivity contribution >= 4 is 5.91 Å². The molecule has 10 nitrogen and oxygen atoms in total. The van der Waals surface area contributed by atoms with Gasteiger partial charge in [0.25, 0.3) is 0 Å². The largest absolute Gasteiger partial charge is 0.412 e. The Morgan fingerprint density at radius 2 is 0.931 bits per heavy atom. The number of hydrogen-bond donors (Lipinski definition) is 5. The molecule has 0 aliphatic carbocycles. The first kappa shape index (κ1) is 59.2. The van der Waals surface area contributed by atoms with E-state index in [1.54, 1.807) is 0 Å². The number of aliphatic hydroxyl groups excluding tert-OH is 4. The van der Waals surface area contributed by atoms with Gasteiger partial charge in [0.1, 0.15) is 12.2 Å². The van der Waals surface area contributed by atoms with Crippen LogP contribution in [0.5, 0.6) is 0 Å². The Labute approximate surface area is 357 Å². The summed E-state index contributed by atoms with van der Waals surface area (Å²) in [5, 5.41) is 44.0. The van der Waals surface area contributed by atoms with Gasteiger partial charge in [-0.1, -0.05) is 226 Å². The maximum absolute atomic E-state index is 13.0. The first-order valence-corrected chi connectivity index (χ1v) is 24.6. The van der Waals surface area contributed by atoms with Crippen molar-refractivity contribution in [1.29, 1.82) is 0 Å². The number of carbonyl (C=O) groups is 1. The van der Waals surface area contributed by atoms with Crippen molar-refractivity contribution in [2.24, 2.45) is 0 Å². The molecule has 0 spiro atoms. The van der Waals surface area contributed by atoms with Crippen LogP contribution in [0.15, 0.2) is 0 Å². The molecule has 1 saturated heterocycles. The van der Waals surface area contributed by atoms with Crippen molar-refractivity contribution in [2.45, 2.75) is 288 Å². The Morgan fingerprint density at radius 3 is 1.29 bits per heavy atom. The van der Waals surface area contributed by atoms with E-state index in [9.17, 15) is 25.2 Å². The van der Waals surface area contributed by atoms with E-state index in [1.807, 2.05) is 0 Å². The number of unbranched alkanes of at least 4 members (excludes halogenated alkanes) is 32. The van der Waals surface area contributed by atoms with E-state index >= 15 is 0 Å². The average Bonchev–Trinajstić information content (AvgIpc) is 3.19. The fourth-order valence-corrected chi connectivity index (χ4v) is 8.20. The molecule has 58 heavy (non-hydrogen) atoms. The Morgan fingerprint density at radius 1 is 0.586 bits per heavy atom. The van der Waals surface area contributed by atoms with E-state index in [4.69, 9.17) is 9.47 Å². The number of rotatable bonds is 42. The number of aliphatic hydroxyl groups is 4. The van der Waals surface area contributed by atoms with Gasteiger partial charge >= 0.3 is 0 Å². The van der Waals surface area contributed by atoms with Gasteiger partial charge in [-0.15, -0.1) is 0 Å². The molecule has 0 aromatic carbocycles. The summed E-state index contributed by atoms with van der Waals surface area (Å²) in [4.78, 5) is 13.0. The van der Waals surface area contributed by atoms with Crippen molar-refractivity contribution in [3.8, 4) is 0 Å². The molecule has 0 bridgehead atoms. The van der Waals surface area contributed by atoms with Gasteiger partial charge in [0.15, 0.2) is 6.29 Å². The predicted octanol–water partition coefficient (Wildman–Crippen LogP) is 10.1. The summed E-state index contributed by atoms with van der Waals surface area (Å²) in [6, 6.07) is -0.588. The lowest BCUT2D eigenvalue weighted by atomic mass is 10.0. The van der Waals surface area contributed by atoms with E-state index < -0.39 is 43.4 Å². The molecule has 1 aliphatic heterocycles. The van der Waals surface area contributed by atoms with Crippen LogP contribution >= 0.6 is 0 Å². The maximum Gasteiger partial charge on any atom is 0.220 e. The Kier molecular flexibility index (Phi) is 45.2. The van der Waals surface area contributed by atoms with Crippen molar-refractivity contribution in [2.75, 3.05) is 13.2 Å². The summed E-state index contributed by atoms with van der Waals surface area (Å²) >= 11 is 0.